The molecule has 178 valence electrons. The summed E-state index contributed by atoms with van der Waals surface area (Å²) in [6, 6.07) is 27.6. The first-order valence-electron chi connectivity index (χ1n) is 11.2. The van der Waals surface area contributed by atoms with E-state index in [1.54, 1.807) is 35.0 Å². The van der Waals surface area contributed by atoms with E-state index in [0.29, 0.717) is 28.0 Å². The lowest BCUT2D eigenvalue weighted by atomic mass is 10.1. The standard InChI is InChI=1S/C27H21N5O4/c33-25(17-36-26(34)16-23-20-13-7-8-14-21(20)27(35)30-29-23)28-24-15-22(18-9-3-1-4-10-18)31-32(24)19-11-5-2-6-12-19/h1-15H,16-17H2,(H,28,33)(H,30,35). The van der Waals surface area contributed by atoms with Crippen LogP contribution in [0.2, 0.25) is 0 Å². The summed E-state index contributed by atoms with van der Waals surface area (Å²) in [5.41, 5.74) is 2.37. The monoisotopic (exact) mass is 479 g/mol. The Balaban J connectivity index is 1.29. The number of carbonyl (C=O) groups is 2. The Morgan fingerprint density at radius 2 is 1.56 bits per heavy atom. The Bertz CT molecular complexity index is 1590. The molecular formula is C27H21N5O4. The zero-order chi connectivity index (χ0) is 24.9. The molecule has 0 aliphatic carbocycles. The van der Waals surface area contributed by atoms with Gasteiger partial charge >= 0.3 is 5.97 Å². The van der Waals surface area contributed by atoms with Crippen molar-refractivity contribution in [3.05, 3.63) is 107 Å². The van der Waals surface area contributed by atoms with Crippen LogP contribution in [0, 0.1) is 0 Å². The van der Waals surface area contributed by atoms with Crippen LogP contribution in [-0.4, -0.2) is 38.5 Å². The predicted octanol–water partition coefficient (Wildman–Crippen LogP) is 3.50. The maximum absolute atomic E-state index is 12.7. The van der Waals surface area contributed by atoms with Crippen molar-refractivity contribution < 1.29 is 14.3 Å². The van der Waals surface area contributed by atoms with E-state index in [1.165, 1.54) is 0 Å². The van der Waals surface area contributed by atoms with E-state index in [9.17, 15) is 14.4 Å². The summed E-state index contributed by atoms with van der Waals surface area (Å²) in [5, 5.41) is 14.8. The fourth-order valence-corrected chi connectivity index (χ4v) is 3.81. The molecule has 5 rings (SSSR count). The SMILES string of the molecule is O=C(COC(=O)Cc1n[nH]c(=O)c2ccccc12)Nc1cc(-c2ccccc2)nn1-c1ccccc1. The third-order valence-electron chi connectivity index (χ3n) is 5.50. The lowest BCUT2D eigenvalue weighted by Gasteiger charge is -2.09. The lowest BCUT2D eigenvalue weighted by Crippen LogP contribution is -2.23. The molecule has 2 heterocycles. The quantitative estimate of drug-likeness (QED) is 0.345. The number of hydrogen-bond acceptors (Lipinski definition) is 6. The number of hydrogen-bond donors (Lipinski definition) is 2. The zero-order valence-electron chi connectivity index (χ0n) is 19.0. The Kier molecular flexibility index (Phi) is 6.35. The minimum atomic E-state index is -0.642. The van der Waals surface area contributed by atoms with Gasteiger partial charge in [-0.3, -0.25) is 14.4 Å². The predicted molar refractivity (Wildman–Crippen MR) is 135 cm³/mol. The van der Waals surface area contributed by atoms with Crippen LogP contribution in [0.25, 0.3) is 27.7 Å². The van der Waals surface area contributed by atoms with E-state index >= 15 is 0 Å². The number of para-hydroxylation sites is 1. The van der Waals surface area contributed by atoms with Crippen molar-refractivity contribution in [2.75, 3.05) is 11.9 Å². The molecule has 5 aromatic rings. The molecular weight excluding hydrogens is 458 g/mol. The van der Waals surface area contributed by atoms with E-state index in [4.69, 9.17) is 4.74 Å². The summed E-state index contributed by atoms with van der Waals surface area (Å²) in [4.78, 5) is 37.0. The Morgan fingerprint density at radius 3 is 2.31 bits per heavy atom. The summed E-state index contributed by atoms with van der Waals surface area (Å²) >= 11 is 0. The van der Waals surface area contributed by atoms with Crippen molar-refractivity contribution in [2.24, 2.45) is 0 Å². The fourth-order valence-electron chi connectivity index (χ4n) is 3.81. The molecule has 0 atom stereocenters. The van der Waals surface area contributed by atoms with Crippen molar-refractivity contribution in [2.45, 2.75) is 6.42 Å². The highest BCUT2D eigenvalue weighted by Crippen LogP contribution is 2.24. The molecule has 0 saturated carbocycles. The van der Waals surface area contributed by atoms with Gasteiger partial charge in [-0.2, -0.15) is 10.2 Å². The van der Waals surface area contributed by atoms with Crippen molar-refractivity contribution in [1.29, 1.82) is 0 Å². The molecule has 36 heavy (non-hydrogen) atoms. The Labute approximate surface area is 205 Å². The smallest absolute Gasteiger partial charge is 0.312 e. The maximum atomic E-state index is 12.7. The van der Waals surface area contributed by atoms with Gasteiger partial charge in [0.2, 0.25) is 0 Å². The van der Waals surface area contributed by atoms with E-state index in [0.717, 1.165) is 11.3 Å². The van der Waals surface area contributed by atoms with Gasteiger partial charge in [-0.1, -0.05) is 66.7 Å². The number of aromatic nitrogens is 4. The Hall–Kier alpha value is -5.05. The maximum Gasteiger partial charge on any atom is 0.312 e. The minimum Gasteiger partial charge on any atom is -0.455 e. The number of amides is 1. The number of aromatic amines is 1. The molecule has 0 spiro atoms. The second kappa shape index (κ2) is 10.1. The van der Waals surface area contributed by atoms with Crippen LogP contribution < -0.4 is 10.9 Å². The van der Waals surface area contributed by atoms with Gasteiger partial charge in [0.05, 0.1) is 28.9 Å². The number of fused-ring (bicyclic) bond motifs is 1. The van der Waals surface area contributed by atoms with Gasteiger partial charge in [-0.15, -0.1) is 0 Å². The van der Waals surface area contributed by atoms with E-state index < -0.39 is 18.5 Å². The third-order valence-corrected chi connectivity index (χ3v) is 5.50. The number of nitrogens with one attached hydrogen (secondary N) is 2. The Morgan fingerprint density at radius 1 is 0.889 bits per heavy atom. The molecule has 0 saturated heterocycles. The van der Waals surface area contributed by atoms with Crippen LogP contribution in [-0.2, 0) is 20.7 Å². The van der Waals surface area contributed by atoms with Gasteiger partial charge in [0.25, 0.3) is 11.5 Å². The number of benzene rings is 3. The first kappa shape index (κ1) is 22.7. The molecule has 0 aliphatic rings. The molecule has 2 aromatic heterocycles. The second-order valence-corrected chi connectivity index (χ2v) is 7.96. The fraction of sp³-hybridized carbons (Fsp3) is 0.0741. The van der Waals surface area contributed by atoms with Crippen LogP contribution in [0.5, 0.6) is 0 Å². The summed E-state index contributed by atoms with van der Waals surface area (Å²) in [6.07, 6.45) is -0.190. The second-order valence-electron chi connectivity index (χ2n) is 7.96. The van der Waals surface area contributed by atoms with Gasteiger partial charge in [0.1, 0.15) is 5.82 Å². The van der Waals surface area contributed by atoms with Crippen LogP contribution in [0.1, 0.15) is 5.69 Å². The molecule has 3 aromatic carbocycles. The third kappa shape index (κ3) is 4.90. The largest absolute Gasteiger partial charge is 0.455 e. The molecule has 0 fully saturated rings. The topological polar surface area (TPSA) is 119 Å². The number of rotatable bonds is 7. The van der Waals surface area contributed by atoms with Crippen LogP contribution in [0.4, 0.5) is 5.82 Å². The number of esters is 1. The molecule has 9 nitrogen and oxygen atoms in total. The summed E-state index contributed by atoms with van der Waals surface area (Å²) in [5.74, 6) is -0.717. The van der Waals surface area contributed by atoms with E-state index in [2.05, 4.69) is 20.6 Å². The zero-order valence-corrected chi connectivity index (χ0v) is 19.0. The van der Waals surface area contributed by atoms with Crippen molar-refractivity contribution in [3.8, 4) is 16.9 Å². The molecule has 9 heteroatoms. The molecule has 0 unspecified atom stereocenters. The highest BCUT2D eigenvalue weighted by atomic mass is 16.5. The highest BCUT2D eigenvalue weighted by molar-refractivity contribution is 5.93. The summed E-state index contributed by atoms with van der Waals surface area (Å²) in [7, 11) is 0. The van der Waals surface area contributed by atoms with Gasteiger partial charge in [0.15, 0.2) is 6.61 Å². The van der Waals surface area contributed by atoms with Crippen LogP contribution in [0.15, 0.2) is 95.8 Å². The molecule has 0 aliphatic heterocycles. The normalized spacial score (nSPS) is 10.8. The molecule has 0 radical (unpaired) electrons. The minimum absolute atomic E-state index is 0.190. The number of carbonyl (C=O) groups excluding carboxylic acids is 2. The molecule has 0 bridgehead atoms. The first-order chi connectivity index (χ1) is 17.6. The van der Waals surface area contributed by atoms with Crippen molar-refractivity contribution in [3.63, 3.8) is 0 Å². The number of ether oxygens (including phenoxy) is 1. The van der Waals surface area contributed by atoms with Crippen LogP contribution in [0.3, 0.4) is 0 Å². The van der Waals surface area contributed by atoms with Crippen molar-refractivity contribution in [1.82, 2.24) is 20.0 Å². The van der Waals surface area contributed by atoms with Gasteiger partial charge in [-0.05, 0) is 18.2 Å². The lowest BCUT2D eigenvalue weighted by molar-refractivity contribution is -0.146. The molecule has 2 N–H and O–H groups in total. The van der Waals surface area contributed by atoms with E-state index in [-0.39, 0.29) is 12.0 Å². The number of H-pyrrole nitrogens is 1. The van der Waals surface area contributed by atoms with Crippen LogP contribution >= 0.6 is 0 Å². The highest BCUT2D eigenvalue weighted by Gasteiger charge is 2.16. The summed E-state index contributed by atoms with van der Waals surface area (Å²) < 4.78 is 6.81. The summed E-state index contributed by atoms with van der Waals surface area (Å²) in [6.45, 7) is -0.485. The average molecular weight is 479 g/mol. The van der Waals surface area contributed by atoms with Crippen molar-refractivity contribution >= 4 is 28.5 Å². The van der Waals surface area contributed by atoms with E-state index in [1.807, 2.05) is 60.7 Å². The van der Waals surface area contributed by atoms with Gasteiger partial charge < -0.3 is 10.1 Å². The van der Waals surface area contributed by atoms with Gasteiger partial charge in [0, 0.05) is 17.0 Å². The van der Waals surface area contributed by atoms with Gasteiger partial charge in [-0.25, -0.2) is 9.78 Å². The number of nitrogens with zero attached hydrogens (tertiary/aromatic N) is 3. The number of anilines is 1. The average Bonchev–Trinajstić information content (AvgIpc) is 3.34. The first-order valence-corrected chi connectivity index (χ1v) is 11.2. The molecule has 1 amide bonds.